The van der Waals surface area contributed by atoms with Gasteiger partial charge in [-0.15, -0.1) is 0 Å². The highest BCUT2D eigenvalue weighted by Crippen LogP contribution is 2.09. The van der Waals surface area contributed by atoms with E-state index >= 15 is 0 Å². The molecule has 1 N–H and O–H groups in total. The highest BCUT2D eigenvalue weighted by atomic mass is 16.6. The fraction of sp³-hybridized carbons (Fsp3) is 0.600. The van der Waals surface area contributed by atoms with E-state index in [-0.39, 0.29) is 11.8 Å². The summed E-state index contributed by atoms with van der Waals surface area (Å²) in [7, 11) is 0. The van der Waals surface area contributed by atoms with Gasteiger partial charge in [0.25, 0.3) is 0 Å². The summed E-state index contributed by atoms with van der Waals surface area (Å²) in [5.41, 5.74) is -0.504. The van der Waals surface area contributed by atoms with Crippen molar-refractivity contribution in [1.82, 2.24) is 5.32 Å². The van der Waals surface area contributed by atoms with Crippen LogP contribution >= 0.6 is 0 Å². The first-order valence-corrected chi connectivity index (χ1v) is 4.57. The van der Waals surface area contributed by atoms with E-state index in [0.717, 1.165) is 0 Å². The zero-order valence-electron chi connectivity index (χ0n) is 8.66. The highest BCUT2D eigenvalue weighted by Gasteiger charge is 2.21. The number of nitrogens with one attached hydrogen (secondary N) is 1. The molecule has 0 fully saturated rings. The number of alkyl carbamates (subject to hydrolysis) is 1. The summed E-state index contributed by atoms with van der Waals surface area (Å²) in [5.74, 6) is 0.0334. The Balaban J connectivity index is 2.35. The molecule has 0 aliphatic heterocycles. The summed E-state index contributed by atoms with van der Waals surface area (Å²) >= 11 is 0. The van der Waals surface area contributed by atoms with Gasteiger partial charge in [0.15, 0.2) is 5.78 Å². The predicted octanol–water partition coefficient (Wildman–Crippen LogP) is 1.41. The summed E-state index contributed by atoms with van der Waals surface area (Å²) in [6, 6.07) is -0.211. The SMILES string of the molecule is CC(C)(C)OC(=O)NC1C=CC(=O)C1. The van der Waals surface area contributed by atoms with Crippen LogP contribution in [-0.4, -0.2) is 23.5 Å². The molecule has 1 aliphatic rings. The van der Waals surface area contributed by atoms with E-state index in [1.807, 2.05) is 0 Å². The number of ether oxygens (including phenoxy) is 1. The molecule has 4 nitrogen and oxygen atoms in total. The van der Waals surface area contributed by atoms with E-state index < -0.39 is 11.7 Å². The largest absolute Gasteiger partial charge is 0.444 e. The molecule has 1 unspecified atom stereocenters. The lowest BCUT2D eigenvalue weighted by atomic mass is 10.2. The number of carbonyl (C=O) groups is 2. The lowest BCUT2D eigenvalue weighted by Gasteiger charge is -2.21. The first kappa shape index (κ1) is 10.8. The molecular formula is C10H15NO3. The maximum Gasteiger partial charge on any atom is 0.408 e. The Morgan fingerprint density at radius 3 is 2.64 bits per heavy atom. The molecule has 1 aliphatic carbocycles. The maximum absolute atomic E-state index is 11.2. The summed E-state index contributed by atoms with van der Waals surface area (Å²) < 4.78 is 5.04. The third-order valence-corrected chi connectivity index (χ3v) is 1.64. The second-order valence-corrected chi connectivity index (χ2v) is 4.28. The van der Waals surface area contributed by atoms with Crippen LogP contribution in [0.15, 0.2) is 12.2 Å². The van der Waals surface area contributed by atoms with Crippen molar-refractivity contribution < 1.29 is 14.3 Å². The van der Waals surface area contributed by atoms with Crippen LogP contribution in [0.4, 0.5) is 4.79 Å². The van der Waals surface area contributed by atoms with E-state index in [1.54, 1.807) is 26.8 Å². The number of ketones is 1. The lowest BCUT2D eigenvalue weighted by Crippen LogP contribution is -2.37. The van der Waals surface area contributed by atoms with Crippen molar-refractivity contribution in [3.63, 3.8) is 0 Å². The van der Waals surface area contributed by atoms with E-state index in [4.69, 9.17) is 4.74 Å². The van der Waals surface area contributed by atoms with Crippen molar-refractivity contribution in [3.8, 4) is 0 Å². The molecule has 14 heavy (non-hydrogen) atoms. The van der Waals surface area contributed by atoms with Crippen molar-refractivity contribution in [2.24, 2.45) is 0 Å². The molecule has 0 radical (unpaired) electrons. The van der Waals surface area contributed by atoms with Crippen LogP contribution in [-0.2, 0) is 9.53 Å². The first-order chi connectivity index (χ1) is 6.37. The molecule has 1 rings (SSSR count). The molecule has 0 saturated heterocycles. The monoisotopic (exact) mass is 197 g/mol. The predicted molar refractivity (Wildman–Crippen MR) is 51.9 cm³/mol. The van der Waals surface area contributed by atoms with Gasteiger partial charge in [0.05, 0.1) is 6.04 Å². The minimum absolute atomic E-state index is 0.0334. The van der Waals surface area contributed by atoms with Gasteiger partial charge >= 0.3 is 6.09 Å². The first-order valence-electron chi connectivity index (χ1n) is 4.57. The average Bonchev–Trinajstić information content (AvgIpc) is 2.30. The molecule has 4 heteroatoms. The minimum atomic E-state index is -0.504. The quantitative estimate of drug-likeness (QED) is 0.691. The number of amides is 1. The van der Waals surface area contributed by atoms with Crippen molar-refractivity contribution in [1.29, 1.82) is 0 Å². The third-order valence-electron chi connectivity index (χ3n) is 1.64. The molecule has 0 saturated carbocycles. The molecule has 78 valence electrons. The van der Waals surface area contributed by atoms with Gasteiger partial charge in [-0.05, 0) is 26.8 Å². The van der Waals surface area contributed by atoms with Crippen LogP contribution in [0.2, 0.25) is 0 Å². The van der Waals surface area contributed by atoms with Gasteiger partial charge in [-0.2, -0.15) is 0 Å². The zero-order valence-corrected chi connectivity index (χ0v) is 8.66. The number of hydrogen-bond acceptors (Lipinski definition) is 3. The number of hydrogen-bond donors (Lipinski definition) is 1. The second-order valence-electron chi connectivity index (χ2n) is 4.28. The molecule has 1 atom stereocenters. The van der Waals surface area contributed by atoms with Crippen molar-refractivity contribution >= 4 is 11.9 Å². The summed E-state index contributed by atoms with van der Waals surface area (Å²) in [6.07, 6.45) is 3.00. The number of carbonyl (C=O) groups excluding carboxylic acids is 2. The van der Waals surface area contributed by atoms with Crippen molar-refractivity contribution in [3.05, 3.63) is 12.2 Å². The summed E-state index contributed by atoms with van der Waals surface area (Å²) in [6.45, 7) is 5.38. The smallest absolute Gasteiger partial charge is 0.408 e. The van der Waals surface area contributed by atoms with Gasteiger partial charge in [0, 0.05) is 6.42 Å². The normalized spacial score (nSPS) is 21.1. The maximum atomic E-state index is 11.2. The van der Waals surface area contributed by atoms with Crippen LogP contribution in [0.1, 0.15) is 27.2 Å². The van der Waals surface area contributed by atoms with Crippen LogP contribution in [0.25, 0.3) is 0 Å². The van der Waals surface area contributed by atoms with Crippen LogP contribution in [0, 0.1) is 0 Å². The number of rotatable bonds is 1. The van der Waals surface area contributed by atoms with Gasteiger partial charge in [-0.1, -0.05) is 6.08 Å². The Kier molecular flexibility index (Phi) is 2.93. The topological polar surface area (TPSA) is 55.4 Å². The second kappa shape index (κ2) is 3.82. The van der Waals surface area contributed by atoms with Gasteiger partial charge in [0.1, 0.15) is 5.60 Å². The van der Waals surface area contributed by atoms with Crippen LogP contribution in [0.3, 0.4) is 0 Å². The van der Waals surface area contributed by atoms with Gasteiger partial charge in [-0.25, -0.2) is 4.79 Å². The Bertz CT molecular complexity index is 276. The Hall–Kier alpha value is -1.32. The van der Waals surface area contributed by atoms with E-state index in [2.05, 4.69) is 5.32 Å². The van der Waals surface area contributed by atoms with Gasteiger partial charge in [-0.3, -0.25) is 4.79 Å². The molecular weight excluding hydrogens is 182 g/mol. The fourth-order valence-corrected chi connectivity index (χ4v) is 1.13. The van der Waals surface area contributed by atoms with Crippen LogP contribution in [0.5, 0.6) is 0 Å². The van der Waals surface area contributed by atoms with Crippen molar-refractivity contribution in [2.45, 2.75) is 38.8 Å². The molecule has 0 aromatic heterocycles. The third kappa shape index (κ3) is 3.60. The lowest BCUT2D eigenvalue weighted by molar-refractivity contribution is -0.114. The van der Waals surface area contributed by atoms with Crippen LogP contribution < -0.4 is 5.32 Å². The molecule has 0 aromatic rings. The van der Waals surface area contributed by atoms with E-state index in [9.17, 15) is 9.59 Å². The Morgan fingerprint density at radius 2 is 2.21 bits per heavy atom. The summed E-state index contributed by atoms with van der Waals surface area (Å²) in [4.78, 5) is 22.1. The standard InChI is InChI=1S/C10H15NO3/c1-10(2,3)14-9(13)11-7-4-5-8(12)6-7/h4-5,7H,6H2,1-3H3,(H,11,13). The van der Waals surface area contributed by atoms with E-state index in [0.29, 0.717) is 6.42 Å². The number of allylic oxidation sites excluding steroid dienone is 1. The zero-order chi connectivity index (χ0) is 10.8. The van der Waals surface area contributed by atoms with E-state index in [1.165, 1.54) is 6.08 Å². The molecule has 0 aromatic carbocycles. The molecule has 0 bridgehead atoms. The molecule has 0 heterocycles. The van der Waals surface area contributed by atoms with Gasteiger partial charge in [0.2, 0.25) is 0 Å². The van der Waals surface area contributed by atoms with Gasteiger partial charge < -0.3 is 10.1 Å². The average molecular weight is 197 g/mol. The molecule has 0 spiro atoms. The highest BCUT2D eigenvalue weighted by molar-refractivity contribution is 5.93. The summed E-state index contributed by atoms with van der Waals surface area (Å²) in [5, 5.41) is 2.60. The Labute approximate surface area is 83.3 Å². The fourth-order valence-electron chi connectivity index (χ4n) is 1.13. The minimum Gasteiger partial charge on any atom is -0.444 e. The van der Waals surface area contributed by atoms with Crippen molar-refractivity contribution in [2.75, 3.05) is 0 Å². The molecule has 1 amide bonds. The Morgan fingerprint density at radius 1 is 1.57 bits per heavy atom.